The maximum Gasteiger partial charge on any atom is 0.358 e. The average molecular weight is 346 g/mol. The van der Waals surface area contributed by atoms with Gasteiger partial charge in [0, 0.05) is 18.8 Å². The highest BCUT2D eigenvalue weighted by molar-refractivity contribution is 7.79. The van der Waals surface area contributed by atoms with E-state index < -0.39 is 36.5 Å². The molecule has 0 radical (unpaired) electrons. The van der Waals surface area contributed by atoms with Gasteiger partial charge in [0.2, 0.25) is 0 Å². The van der Waals surface area contributed by atoms with E-state index in [-0.39, 0.29) is 11.0 Å². The van der Waals surface area contributed by atoms with Gasteiger partial charge < -0.3 is 29.2 Å². The van der Waals surface area contributed by atoms with Gasteiger partial charge in [-0.2, -0.15) is 0 Å². The number of rotatable bonds is 4. The summed E-state index contributed by atoms with van der Waals surface area (Å²) in [4.78, 5) is 0. The van der Waals surface area contributed by atoms with E-state index in [1.54, 1.807) is 13.8 Å². The summed E-state index contributed by atoms with van der Waals surface area (Å²) in [5, 5.41) is 20.0. The largest absolute Gasteiger partial charge is 0.447 e. The van der Waals surface area contributed by atoms with Crippen molar-refractivity contribution in [2.24, 2.45) is 0 Å². The van der Waals surface area contributed by atoms with E-state index in [1.165, 1.54) is 24.3 Å². The van der Waals surface area contributed by atoms with Gasteiger partial charge in [-0.3, -0.25) is 0 Å². The number of benzene rings is 1. The van der Waals surface area contributed by atoms with Gasteiger partial charge in [-0.1, -0.05) is 0 Å². The molecular weight excluding hydrogens is 327 g/mol. The zero-order chi connectivity index (χ0) is 17.0. The molecule has 1 fully saturated rings. The van der Waals surface area contributed by atoms with E-state index in [0.717, 1.165) is 0 Å². The Balaban J connectivity index is 2.00. The van der Waals surface area contributed by atoms with Crippen LogP contribution in [0.25, 0.3) is 0 Å². The highest BCUT2D eigenvalue weighted by atomic mass is 32.1. The fourth-order valence-electron chi connectivity index (χ4n) is 2.17. The highest BCUT2D eigenvalue weighted by Crippen LogP contribution is 2.25. The molecular formula is C15H19FO6S. The fourth-order valence-corrected chi connectivity index (χ4v) is 2.38. The van der Waals surface area contributed by atoms with Crippen LogP contribution in [0.15, 0.2) is 24.3 Å². The summed E-state index contributed by atoms with van der Waals surface area (Å²) in [6.07, 6.45) is -4.97. The van der Waals surface area contributed by atoms with Crippen LogP contribution in [0.1, 0.15) is 13.8 Å². The predicted octanol–water partition coefficient (Wildman–Crippen LogP) is 1.38. The van der Waals surface area contributed by atoms with E-state index >= 15 is 0 Å². The fraction of sp³-hybridized carbons (Fsp3) is 0.533. The van der Waals surface area contributed by atoms with Crippen molar-refractivity contribution < 1.29 is 33.6 Å². The molecule has 0 aliphatic carbocycles. The maximum atomic E-state index is 12.8. The summed E-state index contributed by atoms with van der Waals surface area (Å²) in [5.41, 5.74) is 0. The normalized spacial score (nSPS) is 30.7. The minimum atomic E-state index is -1.24. The highest BCUT2D eigenvalue weighted by Gasteiger charge is 2.45. The lowest BCUT2D eigenvalue weighted by Crippen LogP contribution is -2.59. The van der Waals surface area contributed by atoms with E-state index in [9.17, 15) is 14.6 Å². The van der Waals surface area contributed by atoms with Crippen molar-refractivity contribution in [3.63, 3.8) is 0 Å². The second-order valence-electron chi connectivity index (χ2n) is 5.03. The molecule has 0 amide bonds. The van der Waals surface area contributed by atoms with Crippen LogP contribution in [-0.2, 0) is 14.2 Å². The van der Waals surface area contributed by atoms with Gasteiger partial charge in [0.15, 0.2) is 12.4 Å². The van der Waals surface area contributed by atoms with Crippen LogP contribution in [0.4, 0.5) is 4.39 Å². The first-order valence-electron chi connectivity index (χ1n) is 7.19. The van der Waals surface area contributed by atoms with Crippen molar-refractivity contribution in [3.05, 3.63) is 30.1 Å². The van der Waals surface area contributed by atoms with Gasteiger partial charge in [0.25, 0.3) is 0 Å². The molecule has 6 nitrogen and oxygen atoms in total. The SMILES string of the molecule is CCO[C@@H]1O[C@@H](C)[C@H](O)[C@@H](OC(=S)Oc2ccc(F)cc2)[C@H]1O. The van der Waals surface area contributed by atoms with Gasteiger partial charge in [-0.05, 0) is 38.1 Å². The third-order valence-electron chi connectivity index (χ3n) is 3.36. The molecule has 1 heterocycles. The molecule has 8 heteroatoms. The van der Waals surface area contributed by atoms with E-state index in [2.05, 4.69) is 0 Å². The quantitative estimate of drug-likeness (QED) is 0.798. The van der Waals surface area contributed by atoms with Crippen LogP contribution < -0.4 is 4.74 Å². The van der Waals surface area contributed by atoms with Crippen molar-refractivity contribution in [2.45, 2.75) is 44.6 Å². The Morgan fingerprint density at radius 1 is 1.26 bits per heavy atom. The minimum Gasteiger partial charge on any atom is -0.447 e. The molecule has 23 heavy (non-hydrogen) atoms. The first kappa shape index (κ1) is 18.0. The Bertz CT molecular complexity index is 525. The molecule has 1 aromatic rings. The van der Waals surface area contributed by atoms with Crippen LogP contribution in [0.2, 0.25) is 0 Å². The summed E-state index contributed by atoms with van der Waals surface area (Å²) >= 11 is 4.96. The zero-order valence-electron chi connectivity index (χ0n) is 12.7. The van der Waals surface area contributed by atoms with Gasteiger partial charge in [-0.25, -0.2) is 4.39 Å². The molecule has 1 aromatic carbocycles. The molecule has 1 aliphatic rings. The third kappa shape index (κ3) is 4.58. The predicted molar refractivity (Wildman–Crippen MR) is 82.5 cm³/mol. The monoisotopic (exact) mass is 346 g/mol. The van der Waals surface area contributed by atoms with Gasteiger partial charge in [0.05, 0.1) is 6.10 Å². The second-order valence-corrected chi connectivity index (χ2v) is 5.37. The summed E-state index contributed by atoms with van der Waals surface area (Å²) in [6, 6.07) is 5.19. The lowest BCUT2D eigenvalue weighted by Gasteiger charge is -2.40. The third-order valence-corrected chi connectivity index (χ3v) is 3.54. The Hall–Kier alpha value is -1.32. The van der Waals surface area contributed by atoms with Crippen molar-refractivity contribution in [1.82, 2.24) is 0 Å². The van der Waals surface area contributed by atoms with Crippen molar-refractivity contribution >= 4 is 17.5 Å². The lowest BCUT2D eigenvalue weighted by atomic mass is 10.00. The van der Waals surface area contributed by atoms with Crippen molar-refractivity contribution in [1.29, 1.82) is 0 Å². The van der Waals surface area contributed by atoms with Crippen molar-refractivity contribution in [3.8, 4) is 5.75 Å². The molecule has 0 spiro atoms. The van der Waals surface area contributed by atoms with Gasteiger partial charge in [0.1, 0.15) is 23.8 Å². The van der Waals surface area contributed by atoms with Gasteiger partial charge >= 0.3 is 5.24 Å². The van der Waals surface area contributed by atoms with Crippen LogP contribution in [0.3, 0.4) is 0 Å². The van der Waals surface area contributed by atoms with Crippen LogP contribution in [0, 0.1) is 5.82 Å². The molecule has 0 unspecified atom stereocenters. The number of aliphatic hydroxyl groups is 2. The first-order chi connectivity index (χ1) is 10.9. The smallest absolute Gasteiger partial charge is 0.358 e. The Kier molecular flexibility index (Phi) is 6.25. The maximum absolute atomic E-state index is 12.8. The molecule has 0 saturated carbocycles. The van der Waals surface area contributed by atoms with Crippen LogP contribution in [0.5, 0.6) is 5.75 Å². The Labute approximate surface area is 138 Å². The summed E-state index contributed by atoms with van der Waals surface area (Å²) < 4.78 is 34.1. The lowest BCUT2D eigenvalue weighted by molar-refractivity contribution is -0.290. The molecule has 128 valence electrons. The van der Waals surface area contributed by atoms with E-state index in [1.807, 2.05) is 0 Å². The summed E-state index contributed by atoms with van der Waals surface area (Å²) in [6.45, 7) is 3.71. The Morgan fingerprint density at radius 2 is 1.91 bits per heavy atom. The number of thiocarbonyl (C=S) groups is 1. The van der Waals surface area contributed by atoms with E-state index in [4.69, 9.17) is 31.2 Å². The minimum absolute atomic E-state index is 0.279. The molecule has 2 N–H and O–H groups in total. The molecule has 2 rings (SSSR count). The number of halogens is 1. The Morgan fingerprint density at radius 3 is 2.52 bits per heavy atom. The van der Waals surface area contributed by atoms with E-state index in [0.29, 0.717) is 6.61 Å². The number of hydrogen-bond acceptors (Lipinski definition) is 7. The standard InChI is InChI=1S/C15H19FO6S/c1-3-19-14-12(18)13(11(17)8(2)20-14)22-15(23)21-10-6-4-9(16)5-7-10/h4-8,11-14,17-18H,3H2,1-2H3/t8-,11-,12+,13+,14+/m0/s1. The molecule has 1 aliphatic heterocycles. The number of ether oxygens (including phenoxy) is 4. The van der Waals surface area contributed by atoms with Crippen LogP contribution >= 0.6 is 12.2 Å². The zero-order valence-corrected chi connectivity index (χ0v) is 13.5. The van der Waals surface area contributed by atoms with Gasteiger partial charge in [-0.15, -0.1) is 0 Å². The first-order valence-corrected chi connectivity index (χ1v) is 7.60. The molecule has 5 atom stereocenters. The summed E-state index contributed by atoms with van der Waals surface area (Å²) in [5.74, 6) is -0.130. The average Bonchev–Trinajstić information content (AvgIpc) is 2.51. The summed E-state index contributed by atoms with van der Waals surface area (Å²) in [7, 11) is 0. The topological polar surface area (TPSA) is 77.4 Å². The molecule has 0 aromatic heterocycles. The number of aliphatic hydroxyl groups excluding tert-OH is 2. The number of hydrogen-bond donors (Lipinski definition) is 2. The van der Waals surface area contributed by atoms with Crippen molar-refractivity contribution in [2.75, 3.05) is 6.61 Å². The second kappa shape index (κ2) is 7.98. The molecule has 0 bridgehead atoms. The molecule has 1 saturated heterocycles. The van der Waals surface area contributed by atoms with Crippen LogP contribution in [-0.4, -0.2) is 52.8 Å².